The van der Waals surface area contributed by atoms with E-state index in [4.69, 9.17) is 0 Å². The van der Waals surface area contributed by atoms with E-state index in [1.54, 1.807) is 0 Å². The summed E-state index contributed by atoms with van der Waals surface area (Å²) in [4.78, 5) is 0. The van der Waals surface area contributed by atoms with Gasteiger partial charge < -0.3 is 5.11 Å². The second-order valence-electron chi connectivity index (χ2n) is 2.95. The predicted molar refractivity (Wildman–Crippen MR) is 54.0 cm³/mol. The van der Waals surface area contributed by atoms with Gasteiger partial charge in [0.05, 0.1) is 6.10 Å². The van der Waals surface area contributed by atoms with Crippen LogP contribution in [-0.2, 0) is 0 Å². The molecule has 0 amide bonds. The first-order valence-electron chi connectivity index (χ1n) is 4.75. The molecule has 0 fully saturated rings. The minimum absolute atomic E-state index is 0.226. The van der Waals surface area contributed by atoms with Gasteiger partial charge in [0.15, 0.2) is 0 Å². The topological polar surface area (TPSA) is 20.2 Å². The fraction of sp³-hybridized carbons (Fsp3) is 0.636. The van der Waals surface area contributed by atoms with Crippen molar-refractivity contribution in [3.63, 3.8) is 0 Å². The molecule has 0 heterocycles. The molecule has 1 heteroatoms. The molecule has 0 saturated carbocycles. The third-order valence-corrected chi connectivity index (χ3v) is 2.02. The van der Waals surface area contributed by atoms with Gasteiger partial charge in [-0.15, -0.1) is 0 Å². The first-order valence-corrected chi connectivity index (χ1v) is 4.75. The minimum Gasteiger partial charge on any atom is -0.393 e. The number of aliphatic hydroxyl groups is 1. The van der Waals surface area contributed by atoms with Crippen LogP contribution in [0.1, 0.15) is 27.7 Å². The van der Waals surface area contributed by atoms with Crippen LogP contribution in [-0.4, -0.2) is 11.2 Å². The van der Waals surface area contributed by atoms with Gasteiger partial charge in [0.1, 0.15) is 0 Å². The fourth-order valence-corrected chi connectivity index (χ4v) is 1.34. The van der Waals surface area contributed by atoms with Gasteiger partial charge >= 0.3 is 0 Å². The molecule has 0 spiro atoms. The third-order valence-electron chi connectivity index (χ3n) is 2.02. The molecule has 0 bridgehead atoms. The second-order valence-corrected chi connectivity index (χ2v) is 2.95. The van der Waals surface area contributed by atoms with Gasteiger partial charge in [0.25, 0.3) is 0 Å². The van der Waals surface area contributed by atoms with Gasteiger partial charge in [-0.25, -0.2) is 0 Å². The number of allylic oxidation sites excluding steroid dienone is 3. The minimum atomic E-state index is -0.226. The fourth-order valence-electron chi connectivity index (χ4n) is 1.34. The molecule has 1 nitrogen and oxygen atoms in total. The van der Waals surface area contributed by atoms with E-state index in [2.05, 4.69) is 19.1 Å². The van der Waals surface area contributed by atoms with Crippen LogP contribution in [0.15, 0.2) is 24.3 Å². The molecular weight excluding hydrogens is 148 g/mol. The normalized spacial score (nSPS) is 29.1. The number of hydrogen-bond acceptors (Lipinski definition) is 1. The van der Waals surface area contributed by atoms with Crippen LogP contribution in [0.5, 0.6) is 0 Å². The predicted octanol–water partition coefficient (Wildman–Crippen LogP) is 2.77. The molecule has 0 aliphatic heterocycles. The molecular formula is C11H20O. The highest BCUT2D eigenvalue weighted by atomic mass is 16.3. The van der Waals surface area contributed by atoms with E-state index in [-0.39, 0.29) is 6.10 Å². The molecule has 0 aromatic heterocycles. The maximum atomic E-state index is 9.26. The van der Waals surface area contributed by atoms with Crippen LogP contribution >= 0.6 is 0 Å². The zero-order chi connectivity index (χ0) is 9.56. The van der Waals surface area contributed by atoms with E-state index in [0.29, 0.717) is 11.8 Å². The zero-order valence-corrected chi connectivity index (χ0v) is 8.49. The van der Waals surface area contributed by atoms with Crippen LogP contribution in [0.4, 0.5) is 0 Å². The molecule has 0 aromatic carbocycles. The lowest BCUT2D eigenvalue weighted by atomic mass is 9.86. The van der Waals surface area contributed by atoms with Crippen LogP contribution in [0.3, 0.4) is 0 Å². The molecule has 0 aromatic rings. The van der Waals surface area contributed by atoms with Crippen LogP contribution in [0.2, 0.25) is 0 Å². The molecule has 0 saturated heterocycles. The standard InChI is InChI=1S/C9H14O.C2H6/c1-7-5-3-4-6-9(7)8(2)10;1-2/h3-10H,1-2H3;1-2H3. The van der Waals surface area contributed by atoms with E-state index in [1.165, 1.54) is 0 Å². The Morgan fingerprint density at radius 3 is 2.00 bits per heavy atom. The van der Waals surface area contributed by atoms with Crippen LogP contribution in [0.25, 0.3) is 0 Å². The van der Waals surface area contributed by atoms with Gasteiger partial charge in [-0.3, -0.25) is 0 Å². The highest BCUT2D eigenvalue weighted by Crippen LogP contribution is 2.21. The SMILES string of the molecule is CC.CC(O)C1C=CC=CC1C. The Balaban J connectivity index is 0.000000561. The smallest absolute Gasteiger partial charge is 0.0580 e. The van der Waals surface area contributed by atoms with Crippen molar-refractivity contribution in [2.45, 2.75) is 33.8 Å². The van der Waals surface area contributed by atoms with Crippen molar-refractivity contribution in [2.75, 3.05) is 0 Å². The van der Waals surface area contributed by atoms with E-state index in [1.807, 2.05) is 32.9 Å². The summed E-state index contributed by atoms with van der Waals surface area (Å²) in [5.74, 6) is 0.787. The molecule has 12 heavy (non-hydrogen) atoms. The molecule has 70 valence electrons. The molecule has 3 unspecified atom stereocenters. The maximum Gasteiger partial charge on any atom is 0.0580 e. The van der Waals surface area contributed by atoms with Crippen molar-refractivity contribution in [1.29, 1.82) is 0 Å². The van der Waals surface area contributed by atoms with E-state index in [9.17, 15) is 5.11 Å². The lowest BCUT2D eigenvalue weighted by Crippen LogP contribution is -2.21. The third kappa shape index (κ3) is 3.22. The summed E-state index contributed by atoms with van der Waals surface area (Å²) in [5, 5.41) is 9.26. The quantitative estimate of drug-likeness (QED) is 0.638. The average Bonchev–Trinajstić information content (AvgIpc) is 2.08. The summed E-state index contributed by atoms with van der Waals surface area (Å²) in [5.41, 5.74) is 0. The van der Waals surface area contributed by atoms with Crippen molar-refractivity contribution < 1.29 is 5.11 Å². The first-order chi connectivity index (χ1) is 5.72. The largest absolute Gasteiger partial charge is 0.393 e. The summed E-state index contributed by atoms with van der Waals surface area (Å²) in [7, 11) is 0. The van der Waals surface area contributed by atoms with E-state index in [0.717, 1.165) is 0 Å². The number of aliphatic hydroxyl groups excluding tert-OH is 1. The zero-order valence-electron chi connectivity index (χ0n) is 8.49. The van der Waals surface area contributed by atoms with Crippen molar-refractivity contribution in [1.82, 2.24) is 0 Å². The van der Waals surface area contributed by atoms with Gasteiger partial charge in [0.2, 0.25) is 0 Å². The van der Waals surface area contributed by atoms with Gasteiger partial charge in [-0.1, -0.05) is 45.1 Å². The van der Waals surface area contributed by atoms with Crippen molar-refractivity contribution >= 4 is 0 Å². The Morgan fingerprint density at radius 2 is 1.67 bits per heavy atom. The summed E-state index contributed by atoms with van der Waals surface area (Å²) in [6.07, 6.45) is 7.99. The number of rotatable bonds is 1. The Bertz CT molecular complexity index is 156. The maximum absolute atomic E-state index is 9.26. The molecule has 1 aliphatic carbocycles. The van der Waals surface area contributed by atoms with E-state index >= 15 is 0 Å². The molecule has 1 rings (SSSR count). The Kier molecular flexibility index (Phi) is 5.73. The van der Waals surface area contributed by atoms with Gasteiger partial charge in [0, 0.05) is 5.92 Å². The summed E-state index contributed by atoms with van der Waals surface area (Å²) >= 11 is 0. The van der Waals surface area contributed by atoms with Crippen molar-refractivity contribution in [3.05, 3.63) is 24.3 Å². The number of hydrogen-bond donors (Lipinski definition) is 1. The molecule has 3 atom stereocenters. The summed E-state index contributed by atoms with van der Waals surface area (Å²) < 4.78 is 0. The highest BCUT2D eigenvalue weighted by Gasteiger charge is 2.18. The summed E-state index contributed by atoms with van der Waals surface area (Å²) in [6, 6.07) is 0. The van der Waals surface area contributed by atoms with E-state index < -0.39 is 0 Å². The lowest BCUT2D eigenvalue weighted by Gasteiger charge is -2.22. The van der Waals surface area contributed by atoms with Gasteiger partial charge in [-0.05, 0) is 12.8 Å². The Hall–Kier alpha value is -0.560. The highest BCUT2D eigenvalue weighted by molar-refractivity contribution is 5.14. The average molecular weight is 168 g/mol. The molecule has 0 radical (unpaired) electrons. The Morgan fingerprint density at radius 1 is 1.17 bits per heavy atom. The van der Waals surface area contributed by atoms with Gasteiger partial charge in [-0.2, -0.15) is 0 Å². The van der Waals surface area contributed by atoms with Crippen molar-refractivity contribution in [2.24, 2.45) is 11.8 Å². The monoisotopic (exact) mass is 168 g/mol. The van der Waals surface area contributed by atoms with Crippen LogP contribution in [0, 0.1) is 11.8 Å². The molecule has 1 N–H and O–H groups in total. The van der Waals surface area contributed by atoms with Crippen LogP contribution < -0.4 is 0 Å². The molecule has 1 aliphatic rings. The summed E-state index contributed by atoms with van der Waals surface area (Å²) in [6.45, 7) is 7.96. The Labute approximate surface area is 75.8 Å². The second kappa shape index (κ2) is 6.01. The first kappa shape index (κ1) is 11.4. The van der Waals surface area contributed by atoms with Crippen molar-refractivity contribution in [3.8, 4) is 0 Å². The lowest BCUT2D eigenvalue weighted by molar-refractivity contribution is 0.130.